The fourth-order valence-corrected chi connectivity index (χ4v) is 2.92. The number of amides is 1. The molecule has 2 N–H and O–H groups in total. The monoisotopic (exact) mass is 299 g/mol. The maximum Gasteiger partial charge on any atom is 0.230 e. The smallest absolute Gasteiger partial charge is 0.230 e. The minimum absolute atomic E-state index is 0.00889. The molecule has 0 saturated carbocycles. The zero-order valence-electron chi connectivity index (χ0n) is 13.1. The van der Waals surface area contributed by atoms with Gasteiger partial charge in [-0.1, -0.05) is 6.07 Å². The highest BCUT2D eigenvalue weighted by Gasteiger charge is 2.35. The average molecular weight is 299 g/mol. The van der Waals surface area contributed by atoms with Gasteiger partial charge in [-0.25, -0.2) is 4.98 Å². The van der Waals surface area contributed by atoms with E-state index in [0.717, 1.165) is 23.4 Å². The van der Waals surface area contributed by atoms with Gasteiger partial charge in [0.15, 0.2) is 0 Å². The first kappa shape index (κ1) is 14.7. The Hall–Kier alpha value is -2.21. The number of rotatable bonds is 3. The summed E-state index contributed by atoms with van der Waals surface area (Å²) >= 11 is 0. The Morgan fingerprint density at radius 1 is 1.32 bits per heavy atom. The van der Waals surface area contributed by atoms with Crippen LogP contribution in [0.2, 0.25) is 0 Å². The molecule has 1 amide bonds. The van der Waals surface area contributed by atoms with Crippen molar-refractivity contribution < 1.29 is 4.79 Å². The van der Waals surface area contributed by atoms with E-state index in [0.29, 0.717) is 12.4 Å². The van der Waals surface area contributed by atoms with Crippen molar-refractivity contribution in [1.82, 2.24) is 20.1 Å². The molecule has 6 heteroatoms. The lowest BCUT2D eigenvalue weighted by molar-refractivity contribution is -0.119. The van der Waals surface area contributed by atoms with Gasteiger partial charge in [0, 0.05) is 37.9 Å². The molecule has 0 aromatic carbocycles. The van der Waals surface area contributed by atoms with Crippen molar-refractivity contribution in [2.75, 3.05) is 18.4 Å². The molecule has 1 aliphatic heterocycles. The number of nitrogens with one attached hydrogen (secondary N) is 2. The third kappa shape index (κ3) is 2.74. The largest absolute Gasteiger partial charge is 0.315 e. The topological polar surface area (TPSA) is 71.8 Å². The number of nitrogens with zero attached hydrogens (tertiary/aromatic N) is 3. The molecule has 1 fully saturated rings. The van der Waals surface area contributed by atoms with Crippen molar-refractivity contribution in [1.29, 1.82) is 0 Å². The molecule has 2 aromatic rings. The van der Waals surface area contributed by atoms with Crippen LogP contribution in [0.1, 0.15) is 22.7 Å². The Bertz CT molecular complexity index is 676. The van der Waals surface area contributed by atoms with Crippen LogP contribution in [0.15, 0.2) is 24.5 Å². The summed E-state index contributed by atoms with van der Waals surface area (Å²) in [4.78, 5) is 16.8. The van der Waals surface area contributed by atoms with Gasteiger partial charge in [0.05, 0.1) is 12.1 Å². The second-order valence-electron chi connectivity index (χ2n) is 5.89. The van der Waals surface area contributed by atoms with Gasteiger partial charge in [-0.2, -0.15) is 5.10 Å². The van der Waals surface area contributed by atoms with E-state index in [2.05, 4.69) is 20.7 Å². The van der Waals surface area contributed by atoms with E-state index >= 15 is 0 Å². The highest BCUT2D eigenvalue weighted by atomic mass is 16.2. The van der Waals surface area contributed by atoms with Crippen molar-refractivity contribution >= 4 is 11.7 Å². The summed E-state index contributed by atoms with van der Waals surface area (Å²) in [6, 6.07) is 3.78. The summed E-state index contributed by atoms with van der Waals surface area (Å²) in [6.45, 7) is 5.49. The number of hydrogen-bond donors (Lipinski definition) is 2. The van der Waals surface area contributed by atoms with Crippen molar-refractivity contribution in [3.63, 3.8) is 0 Å². The van der Waals surface area contributed by atoms with Gasteiger partial charge in [-0.15, -0.1) is 0 Å². The summed E-state index contributed by atoms with van der Waals surface area (Å²) in [5.41, 5.74) is 3.33. The highest BCUT2D eigenvalue weighted by molar-refractivity contribution is 5.92. The number of aryl methyl sites for hydroxylation is 2. The van der Waals surface area contributed by atoms with E-state index in [9.17, 15) is 4.79 Å². The summed E-state index contributed by atoms with van der Waals surface area (Å²) in [5, 5.41) is 10.5. The normalized spacial score (nSPS) is 21.0. The SMILES string of the molecule is Cc1ccc(NC(=O)[C@H]2CNC[C@@H]2c2cnn(C)c2C)nc1. The lowest BCUT2D eigenvalue weighted by Crippen LogP contribution is -2.28. The lowest BCUT2D eigenvalue weighted by atomic mass is 9.88. The molecule has 2 aromatic heterocycles. The molecule has 116 valence electrons. The van der Waals surface area contributed by atoms with E-state index < -0.39 is 0 Å². The Balaban J connectivity index is 1.76. The number of hydrogen-bond acceptors (Lipinski definition) is 4. The number of pyridine rings is 1. The van der Waals surface area contributed by atoms with Crippen molar-refractivity contribution in [3.05, 3.63) is 41.3 Å². The van der Waals surface area contributed by atoms with E-state index in [4.69, 9.17) is 0 Å². The first-order chi connectivity index (χ1) is 10.6. The highest BCUT2D eigenvalue weighted by Crippen LogP contribution is 2.30. The lowest BCUT2D eigenvalue weighted by Gasteiger charge is -2.18. The molecular weight excluding hydrogens is 278 g/mol. The van der Waals surface area contributed by atoms with Crippen LogP contribution in [-0.2, 0) is 11.8 Å². The van der Waals surface area contributed by atoms with Gasteiger partial charge in [-0.3, -0.25) is 9.48 Å². The van der Waals surface area contributed by atoms with Crippen LogP contribution in [0, 0.1) is 19.8 Å². The Morgan fingerprint density at radius 3 is 2.77 bits per heavy atom. The maximum absolute atomic E-state index is 12.6. The minimum atomic E-state index is -0.106. The van der Waals surface area contributed by atoms with Crippen molar-refractivity contribution in [2.24, 2.45) is 13.0 Å². The third-order valence-electron chi connectivity index (χ3n) is 4.39. The third-order valence-corrected chi connectivity index (χ3v) is 4.39. The van der Waals surface area contributed by atoms with Gasteiger partial charge in [-0.05, 0) is 31.0 Å². The minimum Gasteiger partial charge on any atom is -0.315 e. The first-order valence-corrected chi connectivity index (χ1v) is 7.49. The summed E-state index contributed by atoms with van der Waals surface area (Å²) in [6.07, 6.45) is 3.63. The molecule has 0 spiro atoms. The van der Waals surface area contributed by atoms with Crippen LogP contribution in [0.5, 0.6) is 0 Å². The fourth-order valence-electron chi connectivity index (χ4n) is 2.92. The summed E-state index contributed by atoms with van der Waals surface area (Å²) in [5.74, 6) is 0.656. The molecule has 2 atom stereocenters. The van der Waals surface area contributed by atoms with Crippen LogP contribution in [-0.4, -0.2) is 33.8 Å². The summed E-state index contributed by atoms with van der Waals surface area (Å²) < 4.78 is 1.85. The molecule has 1 aliphatic rings. The van der Waals surface area contributed by atoms with E-state index in [1.54, 1.807) is 6.20 Å². The molecule has 0 radical (unpaired) electrons. The molecule has 6 nitrogen and oxygen atoms in total. The summed E-state index contributed by atoms with van der Waals surface area (Å²) in [7, 11) is 1.92. The molecule has 3 heterocycles. The fraction of sp³-hybridized carbons (Fsp3) is 0.438. The van der Waals surface area contributed by atoms with Crippen molar-refractivity contribution in [2.45, 2.75) is 19.8 Å². The van der Waals surface area contributed by atoms with Gasteiger partial charge < -0.3 is 10.6 Å². The molecule has 0 bridgehead atoms. The van der Waals surface area contributed by atoms with Crippen LogP contribution in [0.25, 0.3) is 0 Å². The van der Waals surface area contributed by atoms with Crippen LogP contribution in [0.4, 0.5) is 5.82 Å². The number of aromatic nitrogens is 3. The first-order valence-electron chi connectivity index (χ1n) is 7.49. The van der Waals surface area contributed by atoms with Crippen LogP contribution >= 0.6 is 0 Å². The molecular formula is C16H21N5O. The van der Waals surface area contributed by atoms with Crippen molar-refractivity contribution in [3.8, 4) is 0 Å². The predicted octanol–water partition coefficient (Wildman–Crippen LogP) is 1.37. The zero-order valence-corrected chi connectivity index (χ0v) is 13.1. The Kier molecular flexibility index (Phi) is 3.94. The van der Waals surface area contributed by atoms with E-state index in [1.165, 1.54) is 0 Å². The Morgan fingerprint density at radius 2 is 2.14 bits per heavy atom. The average Bonchev–Trinajstić information content (AvgIpc) is 3.09. The quantitative estimate of drug-likeness (QED) is 0.898. The van der Waals surface area contributed by atoms with E-state index in [1.807, 2.05) is 43.9 Å². The van der Waals surface area contributed by atoms with Crippen LogP contribution in [0.3, 0.4) is 0 Å². The van der Waals surface area contributed by atoms with Gasteiger partial charge in [0.2, 0.25) is 5.91 Å². The van der Waals surface area contributed by atoms with Gasteiger partial charge in [0.25, 0.3) is 0 Å². The number of carbonyl (C=O) groups excluding carboxylic acids is 1. The van der Waals surface area contributed by atoms with Crippen LogP contribution < -0.4 is 10.6 Å². The number of anilines is 1. The predicted molar refractivity (Wildman–Crippen MR) is 84.6 cm³/mol. The Labute approximate surface area is 129 Å². The second kappa shape index (κ2) is 5.88. The van der Waals surface area contributed by atoms with Gasteiger partial charge in [0.1, 0.15) is 5.82 Å². The molecule has 22 heavy (non-hydrogen) atoms. The van der Waals surface area contributed by atoms with Gasteiger partial charge >= 0.3 is 0 Å². The van der Waals surface area contributed by atoms with E-state index in [-0.39, 0.29) is 17.7 Å². The molecule has 1 saturated heterocycles. The number of carbonyl (C=O) groups is 1. The molecule has 3 rings (SSSR count). The second-order valence-corrected chi connectivity index (χ2v) is 5.89. The zero-order chi connectivity index (χ0) is 15.7. The maximum atomic E-state index is 12.6. The standard InChI is InChI=1S/C16H21N5O/c1-10-4-5-15(18-6-10)20-16(22)14-8-17-7-13(14)12-9-19-21(3)11(12)2/h4-6,9,13-14,17H,7-8H2,1-3H3,(H,18,20,22)/t13-,14+/m1/s1. The molecule has 0 aliphatic carbocycles. The molecule has 0 unspecified atom stereocenters.